The normalized spacial score (nSPS) is 23.0. The molecular formula is C15H30N2O2. The first-order chi connectivity index (χ1) is 8.86. The number of nitrogens with zero attached hydrogens (tertiary/aromatic N) is 1. The molecule has 0 unspecified atom stereocenters. The van der Waals surface area contributed by atoms with Crippen LogP contribution in [0.25, 0.3) is 0 Å². The standard InChI is InChI=1S/C15H30N2O2/c1-5-11-19-12-7-6-9-17(10-8-12)14(18)13(16)15(2,3)4/h12-13H,5-11,16H2,1-4H3/t12-,13-/m1/s1. The Balaban J connectivity index is 2.50. The van der Waals surface area contributed by atoms with E-state index in [2.05, 4.69) is 6.92 Å². The van der Waals surface area contributed by atoms with Crippen LogP contribution in [0.3, 0.4) is 0 Å². The Morgan fingerprint density at radius 2 is 2.05 bits per heavy atom. The van der Waals surface area contributed by atoms with Crippen molar-refractivity contribution in [2.45, 2.75) is 65.5 Å². The van der Waals surface area contributed by atoms with Gasteiger partial charge in [0.05, 0.1) is 12.1 Å². The lowest BCUT2D eigenvalue weighted by atomic mass is 9.86. The van der Waals surface area contributed by atoms with Gasteiger partial charge in [0.2, 0.25) is 5.91 Å². The maximum absolute atomic E-state index is 12.4. The molecule has 0 saturated carbocycles. The molecule has 1 aliphatic heterocycles. The Kier molecular flexibility index (Phi) is 6.27. The summed E-state index contributed by atoms with van der Waals surface area (Å²) in [7, 11) is 0. The van der Waals surface area contributed by atoms with Crippen LogP contribution in [0.5, 0.6) is 0 Å². The van der Waals surface area contributed by atoms with Crippen LogP contribution in [0, 0.1) is 5.41 Å². The zero-order valence-corrected chi connectivity index (χ0v) is 12.9. The molecule has 2 atom stereocenters. The van der Waals surface area contributed by atoms with E-state index in [1.54, 1.807) is 0 Å². The molecule has 4 heteroatoms. The van der Waals surface area contributed by atoms with Gasteiger partial charge < -0.3 is 15.4 Å². The molecule has 1 amide bonds. The number of hydrogen-bond donors (Lipinski definition) is 1. The van der Waals surface area contributed by atoms with Crippen molar-refractivity contribution in [3.05, 3.63) is 0 Å². The molecule has 0 aromatic heterocycles. The third-order valence-electron chi connectivity index (χ3n) is 3.74. The molecule has 0 aliphatic carbocycles. The van der Waals surface area contributed by atoms with Crippen LogP contribution in [0.4, 0.5) is 0 Å². The molecule has 0 bridgehead atoms. The average Bonchev–Trinajstić information content (AvgIpc) is 2.58. The van der Waals surface area contributed by atoms with E-state index in [4.69, 9.17) is 10.5 Å². The predicted molar refractivity (Wildman–Crippen MR) is 77.9 cm³/mol. The van der Waals surface area contributed by atoms with E-state index >= 15 is 0 Å². The second-order valence-electron chi connectivity index (χ2n) is 6.59. The monoisotopic (exact) mass is 270 g/mol. The summed E-state index contributed by atoms with van der Waals surface area (Å²) in [6, 6.07) is -0.416. The van der Waals surface area contributed by atoms with Crippen LogP contribution in [-0.2, 0) is 9.53 Å². The van der Waals surface area contributed by atoms with Crippen LogP contribution in [0.2, 0.25) is 0 Å². The number of rotatable bonds is 4. The second kappa shape index (κ2) is 7.25. The van der Waals surface area contributed by atoms with Crippen molar-refractivity contribution in [3.8, 4) is 0 Å². The van der Waals surface area contributed by atoms with Crippen molar-refractivity contribution in [1.29, 1.82) is 0 Å². The molecule has 1 fully saturated rings. The SMILES string of the molecule is CCCO[C@@H]1CCCN(C(=O)[C@@H](N)C(C)(C)C)CC1. The summed E-state index contributed by atoms with van der Waals surface area (Å²) in [5.74, 6) is 0.0867. The van der Waals surface area contributed by atoms with Gasteiger partial charge in [0.15, 0.2) is 0 Å². The topological polar surface area (TPSA) is 55.6 Å². The Morgan fingerprint density at radius 1 is 1.37 bits per heavy atom. The smallest absolute Gasteiger partial charge is 0.240 e. The molecule has 1 aliphatic rings. The molecular weight excluding hydrogens is 240 g/mol. The third-order valence-corrected chi connectivity index (χ3v) is 3.74. The van der Waals surface area contributed by atoms with Crippen molar-refractivity contribution < 1.29 is 9.53 Å². The molecule has 4 nitrogen and oxygen atoms in total. The minimum Gasteiger partial charge on any atom is -0.378 e. The summed E-state index contributed by atoms with van der Waals surface area (Å²) in [5, 5.41) is 0. The van der Waals surface area contributed by atoms with E-state index < -0.39 is 6.04 Å². The number of carbonyl (C=O) groups excluding carboxylic acids is 1. The van der Waals surface area contributed by atoms with Gasteiger partial charge in [-0.25, -0.2) is 0 Å². The molecule has 0 aromatic rings. The van der Waals surface area contributed by atoms with Gasteiger partial charge in [0.25, 0.3) is 0 Å². The molecule has 0 aromatic carbocycles. The number of carbonyl (C=O) groups is 1. The molecule has 19 heavy (non-hydrogen) atoms. The van der Waals surface area contributed by atoms with Gasteiger partial charge in [-0.05, 0) is 31.1 Å². The lowest BCUT2D eigenvalue weighted by molar-refractivity contribution is -0.135. The Bertz CT molecular complexity index is 286. The minimum absolute atomic E-state index is 0.0867. The van der Waals surface area contributed by atoms with Crippen molar-refractivity contribution in [2.24, 2.45) is 11.1 Å². The van der Waals surface area contributed by atoms with Crippen LogP contribution < -0.4 is 5.73 Å². The van der Waals surface area contributed by atoms with Crippen molar-refractivity contribution >= 4 is 5.91 Å². The van der Waals surface area contributed by atoms with E-state index in [9.17, 15) is 4.79 Å². The molecule has 1 rings (SSSR count). The van der Waals surface area contributed by atoms with Gasteiger partial charge in [-0.3, -0.25) is 4.79 Å². The Labute approximate surface area is 117 Å². The van der Waals surface area contributed by atoms with Gasteiger partial charge in [-0.2, -0.15) is 0 Å². The van der Waals surface area contributed by atoms with Crippen molar-refractivity contribution in [1.82, 2.24) is 4.90 Å². The fourth-order valence-corrected chi connectivity index (χ4v) is 2.30. The van der Waals surface area contributed by atoms with E-state index in [-0.39, 0.29) is 11.3 Å². The Morgan fingerprint density at radius 3 is 2.63 bits per heavy atom. The zero-order valence-electron chi connectivity index (χ0n) is 12.9. The zero-order chi connectivity index (χ0) is 14.5. The highest BCUT2D eigenvalue weighted by molar-refractivity contribution is 5.82. The van der Waals surface area contributed by atoms with Gasteiger partial charge in [0.1, 0.15) is 0 Å². The summed E-state index contributed by atoms with van der Waals surface area (Å²) >= 11 is 0. The lowest BCUT2D eigenvalue weighted by Gasteiger charge is -2.31. The van der Waals surface area contributed by atoms with Crippen molar-refractivity contribution in [3.63, 3.8) is 0 Å². The second-order valence-corrected chi connectivity index (χ2v) is 6.59. The summed E-state index contributed by atoms with van der Waals surface area (Å²) in [6.07, 6.45) is 4.35. The Hall–Kier alpha value is -0.610. The highest BCUT2D eigenvalue weighted by Gasteiger charge is 2.32. The van der Waals surface area contributed by atoms with Gasteiger partial charge in [-0.15, -0.1) is 0 Å². The molecule has 0 radical (unpaired) electrons. The number of amides is 1. The van der Waals surface area contributed by atoms with Gasteiger partial charge in [-0.1, -0.05) is 27.7 Å². The quantitative estimate of drug-likeness (QED) is 0.851. The van der Waals surface area contributed by atoms with E-state index in [0.717, 1.165) is 45.4 Å². The van der Waals surface area contributed by atoms with Gasteiger partial charge in [0, 0.05) is 19.7 Å². The predicted octanol–water partition coefficient (Wildman–Crippen LogP) is 2.17. The molecule has 1 saturated heterocycles. The average molecular weight is 270 g/mol. The summed E-state index contributed by atoms with van der Waals surface area (Å²) in [5.41, 5.74) is 5.89. The largest absolute Gasteiger partial charge is 0.378 e. The fourth-order valence-electron chi connectivity index (χ4n) is 2.30. The summed E-state index contributed by atoms with van der Waals surface area (Å²) < 4.78 is 5.80. The van der Waals surface area contributed by atoms with E-state index in [0.29, 0.717) is 6.10 Å². The van der Waals surface area contributed by atoms with Gasteiger partial charge >= 0.3 is 0 Å². The summed E-state index contributed by atoms with van der Waals surface area (Å²) in [6.45, 7) is 10.6. The minimum atomic E-state index is -0.416. The van der Waals surface area contributed by atoms with E-state index in [1.807, 2.05) is 25.7 Å². The first-order valence-corrected chi connectivity index (χ1v) is 7.52. The van der Waals surface area contributed by atoms with Crippen LogP contribution in [0.1, 0.15) is 53.4 Å². The fraction of sp³-hybridized carbons (Fsp3) is 0.933. The maximum atomic E-state index is 12.4. The lowest BCUT2D eigenvalue weighted by Crippen LogP contribution is -2.50. The highest BCUT2D eigenvalue weighted by atomic mass is 16.5. The first-order valence-electron chi connectivity index (χ1n) is 7.52. The van der Waals surface area contributed by atoms with Crippen LogP contribution >= 0.6 is 0 Å². The molecule has 2 N–H and O–H groups in total. The number of ether oxygens (including phenoxy) is 1. The van der Waals surface area contributed by atoms with Crippen LogP contribution in [-0.4, -0.2) is 42.6 Å². The van der Waals surface area contributed by atoms with E-state index in [1.165, 1.54) is 0 Å². The molecule has 112 valence electrons. The van der Waals surface area contributed by atoms with Crippen molar-refractivity contribution in [2.75, 3.05) is 19.7 Å². The summed E-state index contributed by atoms with van der Waals surface area (Å²) in [4.78, 5) is 14.3. The van der Waals surface area contributed by atoms with Crippen LogP contribution in [0.15, 0.2) is 0 Å². The maximum Gasteiger partial charge on any atom is 0.240 e. The number of likely N-dealkylation sites (tertiary alicyclic amines) is 1. The number of hydrogen-bond acceptors (Lipinski definition) is 3. The number of nitrogens with two attached hydrogens (primary N) is 1. The first kappa shape index (κ1) is 16.4. The molecule has 1 heterocycles. The molecule has 0 spiro atoms. The third kappa shape index (κ3) is 5.11. The highest BCUT2D eigenvalue weighted by Crippen LogP contribution is 2.21.